The smallest absolute Gasteiger partial charge is 0.257 e. The van der Waals surface area contributed by atoms with Gasteiger partial charge in [-0.1, -0.05) is 25.8 Å². The van der Waals surface area contributed by atoms with Crippen LogP contribution in [0.25, 0.3) is 0 Å². The lowest BCUT2D eigenvalue weighted by Crippen LogP contribution is -2.53. The quantitative estimate of drug-likeness (QED) is 0.472. The van der Waals surface area contributed by atoms with Crippen molar-refractivity contribution in [1.82, 2.24) is 24.9 Å². The monoisotopic (exact) mass is 548 g/mol. The topological polar surface area (TPSA) is 137 Å². The Hall–Kier alpha value is -3.73. The largest absolute Gasteiger partial charge is 0.380 e. The second-order valence-electron chi connectivity index (χ2n) is 11.8. The van der Waals surface area contributed by atoms with Crippen LogP contribution in [0.4, 0.5) is 5.69 Å². The fourth-order valence-corrected chi connectivity index (χ4v) is 6.78. The summed E-state index contributed by atoms with van der Waals surface area (Å²) in [4.78, 5) is 53.4. The third-order valence-electron chi connectivity index (χ3n) is 9.13. The van der Waals surface area contributed by atoms with Gasteiger partial charge < -0.3 is 15.3 Å². The fourth-order valence-electron chi connectivity index (χ4n) is 6.78. The number of imide groups is 1. The van der Waals surface area contributed by atoms with E-state index in [2.05, 4.69) is 22.7 Å². The number of carbonyl (C=O) groups excluding carboxylic acids is 4. The Morgan fingerprint density at radius 3 is 2.62 bits per heavy atom. The summed E-state index contributed by atoms with van der Waals surface area (Å²) in [7, 11) is 0. The summed E-state index contributed by atoms with van der Waals surface area (Å²) in [5.74, 6) is -1.07. The number of fused-ring (bicyclic) bond motifs is 1. The van der Waals surface area contributed by atoms with E-state index in [9.17, 15) is 24.3 Å². The van der Waals surface area contributed by atoms with Crippen LogP contribution in [0.1, 0.15) is 92.0 Å². The maximum atomic E-state index is 13.1. The van der Waals surface area contributed by atoms with Crippen LogP contribution < -0.4 is 10.6 Å². The summed E-state index contributed by atoms with van der Waals surface area (Å²) >= 11 is 0. The zero-order valence-corrected chi connectivity index (χ0v) is 22.8. The molecule has 3 fully saturated rings. The molecular formula is C29H36N6O5. The van der Waals surface area contributed by atoms with Gasteiger partial charge in [-0.2, -0.15) is 5.10 Å². The average Bonchev–Trinajstić information content (AvgIpc) is 3.67. The molecule has 1 saturated carbocycles. The van der Waals surface area contributed by atoms with Crippen LogP contribution in [0.15, 0.2) is 30.6 Å². The number of anilines is 1. The first-order chi connectivity index (χ1) is 19.2. The zero-order chi connectivity index (χ0) is 28.0. The van der Waals surface area contributed by atoms with E-state index in [-0.39, 0.29) is 30.2 Å². The Morgan fingerprint density at radius 1 is 1.15 bits per heavy atom. The summed E-state index contributed by atoms with van der Waals surface area (Å²) in [6.07, 6.45) is 8.82. The summed E-state index contributed by atoms with van der Waals surface area (Å²) in [6, 6.07) is 4.51. The van der Waals surface area contributed by atoms with Gasteiger partial charge in [-0.15, -0.1) is 0 Å². The van der Waals surface area contributed by atoms with Gasteiger partial charge in [-0.25, -0.2) is 0 Å². The number of aliphatic hydroxyl groups is 1. The van der Waals surface area contributed by atoms with Gasteiger partial charge in [0.15, 0.2) is 6.23 Å². The lowest BCUT2D eigenvalue weighted by atomic mass is 9.86. The molecule has 11 nitrogen and oxygen atoms in total. The number of carbonyl (C=O) groups is 4. The number of nitrogens with one attached hydrogen (secondary N) is 2. The number of rotatable bonds is 6. The number of aromatic nitrogens is 2. The van der Waals surface area contributed by atoms with Crippen molar-refractivity contribution in [3.8, 4) is 0 Å². The molecule has 0 radical (unpaired) electrons. The van der Waals surface area contributed by atoms with Gasteiger partial charge in [0.1, 0.15) is 6.04 Å². The number of amides is 4. The predicted octanol–water partition coefficient (Wildman–Crippen LogP) is 2.49. The number of hydrogen-bond donors (Lipinski definition) is 3. The number of aliphatic hydroxyl groups excluding tert-OH is 1. The van der Waals surface area contributed by atoms with Gasteiger partial charge >= 0.3 is 0 Å². The Bertz CT molecular complexity index is 1340. The van der Waals surface area contributed by atoms with E-state index < -0.39 is 24.1 Å². The minimum absolute atomic E-state index is 0.118. The highest BCUT2D eigenvalue weighted by Crippen LogP contribution is 2.41. The van der Waals surface area contributed by atoms with E-state index in [0.29, 0.717) is 29.3 Å². The molecule has 0 spiro atoms. The molecular weight excluding hydrogens is 512 g/mol. The maximum Gasteiger partial charge on any atom is 0.257 e. The number of hydrogen-bond acceptors (Lipinski definition) is 7. The van der Waals surface area contributed by atoms with Gasteiger partial charge in [0.25, 0.3) is 5.91 Å². The van der Waals surface area contributed by atoms with Crippen molar-refractivity contribution in [1.29, 1.82) is 0 Å². The molecule has 2 saturated heterocycles. The van der Waals surface area contributed by atoms with Crippen LogP contribution in [-0.2, 0) is 20.9 Å². The minimum Gasteiger partial charge on any atom is -0.380 e. The molecule has 2 atom stereocenters. The van der Waals surface area contributed by atoms with Gasteiger partial charge in [-0.3, -0.25) is 34.1 Å². The van der Waals surface area contributed by atoms with Crippen molar-refractivity contribution < 1.29 is 24.3 Å². The van der Waals surface area contributed by atoms with E-state index >= 15 is 0 Å². The van der Waals surface area contributed by atoms with Crippen LogP contribution in [0.3, 0.4) is 0 Å². The molecule has 1 aromatic heterocycles. The Balaban J connectivity index is 1.08. The highest BCUT2D eigenvalue weighted by Gasteiger charge is 2.45. The molecule has 11 heteroatoms. The molecule has 1 aliphatic carbocycles. The summed E-state index contributed by atoms with van der Waals surface area (Å²) in [5, 5.41) is 21.3. The maximum absolute atomic E-state index is 13.1. The van der Waals surface area contributed by atoms with Gasteiger partial charge in [0, 0.05) is 60.0 Å². The van der Waals surface area contributed by atoms with Crippen LogP contribution in [0.5, 0.6) is 0 Å². The second kappa shape index (κ2) is 10.3. The summed E-state index contributed by atoms with van der Waals surface area (Å²) in [5.41, 5.74) is 2.14. The highest BCUT2D eigenvalue weighted by atomic mass is 16.3. The molecule has 1 aromatic carbocycles. The highest BCUT2D eigenvalue weighted by molar-refractivity contribution is 6.06. The van der Waals surface area contributed by atoms with Crippen LogP contribution in [0, 0.1) is 5.41 Å². The first kappa shape index (κ1) is 26.5. The first-order valence-corrected chi connectivity index (χ1v) is 14.3. The molecule has 4 amide bonds. The molecule has 6 rings (SSSR count). The van der Waals surface area contributed by atoms with Gasteiger partial charge in [-0.05, 0) is 44.2 Å². The van der Waals surface area contributed by atoms with Crippen molar-refractivity contribution in [3.05, 3.63) is 47.3 Å². The van der Waals surface area contributed by atoms with E-state index in [1.807, 2.05) is 22.0 Å². The number of piperidine rings is 2. The zero-order valence-electron chi connectivity index (χ0n) is 22.8. The van der Waals surface area contributed by atoms with E-state index in [0.717, 1.165) is 57.2 Å². The third kappa shape index (κ3) is 4.66. The molecule has 4 heterocycles. The Labute approximate surface area is 232 Å². The van der Waals surface area contributed by atoms with Crippen LogP contribution >= 0.6 is 0 Å². The van der Waals surface area contributed by atoms with Crippen molar-refractivity contribution in [3.63, 3.8) is 0 Å². The van der Waals surface area contributed by atoms with Crippen molar-refractivity contribution in [2.24, 2.45) is 5.41 Å². The van der Waals surface area contributed by atoms with Crippen molar-refractivity contribution >= 4 is 29.3 Å². The van der Waals surface area contributed by atoms with Crippen molar-refractivity contribution in [2.45, 2.75) is 83.1 Å². The molecule has 2 unspecified atom stereocenters. The molecule has 0 bridgehead atoms. The van der Waals surface area contributed by atoms with Gasteiger partial charge in [0.05, 0.1) is 12.2 Å². The third-order valence-corrected chi connectivity index (χ3v) is 9.13. The Morgan fingerprint density at radius 2 is 1.90 bits per heavy atom. The fraction of sp³-hybridized carbons (Fsp3) is 0.552. The van der Waals surface area contributed by atoms with E-state index in [4.69, 9.17) is 0 Å². The molecule has 212 valence electrons. The summed E-state index contributed by atoms with van der Waals surface area (Å²) < 4.78 is 1.98. The standard InChI is InChI=1S/C29H36N6O5/c1-29(11-2-3-12-29)28(40)33-13-9-19(10-14-33)34-17-18(16-31-34)15-30-21-6-4-5-20-24(21)27(39)35(26(20)38)22-7-8-23(36)32-25(22)37/h4-6,16-17,19,22,27,30,39H,2-3,7-15H2,1H3,(H,32,36,37). The SMILES string of the molecule is CC1(C(=O)N2CCC(n3cc(CNc4cccc5c4C(O)N(C4CCC(=O)NC4=O)C5=O)cn3)CC2)CCCC1. The van der Waals surface area contributed by atoms with Gasteiger partial charge in [0.2, 0.25) is 17.7 Å². The number of benzene rings is 1. The predicted molar refractivity (Wildman–Crippen MR) is 145 cm³/mol. The first-order valence-electron chi connectivity index (χ1n) is 14.3. The molecule has 2 aromatic rings. The molecule has 4 aliphatic rings. The molecule has 3 aliphatic heterocycles. The van der Waals surface area contributed by atoms with Crippen molar-refractivity contribution in [2.75, 3.05) is 18.4 Å². The van der Waals surface area contributed by atoms with Crippen LogP contribution in [-0.4, -0.2) is 67.4 Å². The van der Waals surface area contributed by atoms with E-state index in [1.54, 1.807) is 18.2 Å². The Kier molecular flexibility index (Phi) is 6.85. The second-order valence-corrected chi connectivity index (χ2v) is 11.8. The summed E-state index contributed by atoms with van der Waals surface area (Å²) in [6.45, 7) is 4.05. The average molecular weight is 549 g/mol. The molecule has 40 heavy (non-hydrogen) atoms. The number of likely N-dealkylation sites (tertiary alicyclic amines) is 1. The van der Waals surface area contributed by atoms with Crippen LogP contribution in [0.2, 0.25) is 0 Å². The van der Waals surface area contributed by atoms with E-state index in [1.165, 1.54) is 4.90 Å². The normalized spacial score (nSPS) is 24.8. The minimum atomic E-state index is -1.29. The lowest BCUT2D eigenvalue weighted by molar-refractivity contribution is -0.142. The number of nitrogens with zero attached hydrogens (tertiary/aromatic N) is 4. The lowest BCUT2D eigenvalue weighted by Gasteiger charge is -2.37. The molecule has 3 N–H and O–H groups in total.